The van der Waals surface area contributed by atoms with Gasteiger partial charge in [-0.2, -0.15) is 0 Å². The Morgan fingerprint density at radius 1 is 0.319 bits per heavy atom. The number of hydrogen-bond donors (Lipinski definition) is 0. The van der Waals surface area contributed by atoms with Crippen LogP contribution in [0.4, 0.5) is 17.1 Å². The maximum absolute atomic E-state index is 2.50. The lowest BCUT2D eigenvalue weighted by Gasteiger charge is -2.36. The van der Waals surface area contributed by atoms with Crippen molar-refractivity contribution in [2.75, 3.05) is 4.90 Å². The van der Waals surface area contributed by atoms with Crippen molar-refractivity contribution in [3.05, 3.63) is 303 Å². The fourth-order valence-corrected chi connectivity index (χ4v) is 11.9. The van der Waals surface area contributed by atoms with E-state index in [1.165, 1.54) is 100 Å². The summed E-state index contributed by atoms with van der Waals surface area (Å²) in [6.07, 6.45) is 2.23. The molecule has 69 heavy (non-hydrogen) atoms. The smallest absolute Gasteiger partial charge is 0.0714 e. The van der Waals surface area contributed by atoms with Crippen molar-refractivity contribution >= 4 is 17.1 Å². The highest BCUT2D eigenvalue weighted by molar-refractivity contribution is 5.92. The highest BCUT2D eigenvalue weighted by Gasteiger charge is 2.48. The van der Waals surface area contributed by atoms with Crippen LogP contribution in [0, 0.1) is 20.8 Å². The lowest BCUT2D eigenvalue weighted by Crippen LogP contribution is -2.29. The molecule has 0 aromatic heterocycles. The van der Waals surface area contributed by atoms with Gasteiger partial charge in [0.05, 0.1) is 10.8 Å². The molecule has 332 valence electrons. The molecule has 0 amide bonds. The van der Waals surface area contributed by atoms with Gasteiger partial charge in [-0.1, -0.05) is 230 Å². The predicted octanol–water partition coefficient (Wildman–Crippen LogP) is 17.4. The van der Waals surface area contributed by atoms with E-state index in [-0.39, 0.29) is 0 Å². The summed E-state index contributed by atoms with van der Waals surface area (Å²) in [5.41, 5.74) is 25.1. The summed E-state index contributed by atoms with van der Waals surface area (Å²) in [5, 5.41) is 0. The van der Waals surface area contributed by atoms with Crippen LogP contribution in [0.2, 0.25) is 0 Å². The molecule has 12 rings (SSSR count). The van der Waals surface area contributed by atoms with Gasteiger partial charge in [0, 0.05) is 17.1 Å². The Bertz CT molecular complexity index is 3450. The van der Waals surface area contributed by atoms with Gasteiger partial charge in [-0.05, 0) is 147 Å². The van der Waals surface area contributed by atoms with E-state index in [1.54, 1.807) is 0 Å². The Kier molecular flexibility index (Phi) is 10.4. The van der Waals surface area contributed by atoms with Gasteiger partial charge in [-0.3, -0.25) is 0 Å². The fraction of sp³-hybridized carbons (Fsp3) is 0.118. The van der Waals surface area contributed by atoms with Crippen molar-refractivity contribution in [1.82, 2.24) is 0 Å². The molecule has 0 fully saturated rings. The second-order valence-electron chi connectivity index (χ2n) is 19.3. The number of aryl methyl sites for hydroxylation is 4. The molecule has 0 bridgehead atoms. The minimum atomic E-state index is -0.545. The molecule has 1 unspecified atom stereocenters. The summed E-state index contributed by atoms with van der Waals surface area (Å²) in [5.74, 6) is 0. The molecule has 10 aromatic carbocycles. The monoisotopic (exact) mass is 885 g/mol. The van der Waals surface area contributed by atoms with Gasteiger partial charge in [0.25, 0.3) is 0 Å². The highest BCUT2D eigenvalue weighted by Crippen LogP contribution is 2.59. The van der Waals surface area contributed by atoms with Gasteiger partial charge in [0.1, 0.15) is 0 Å². The number of anilines is 3. The Balaban J connectivity index is 1.11. The van der Waals surface area contributed by atoms with E-state index in [2.05, 4.69) is 269 Å². The molecule has 0 radical (unpaired) electrons. The van der Waals surface area contributed by atoms with Crippen molar-refractivity contribution in [2.24, 2.45) is 0 Å². The molecule has 0 aliphatic heterocycles. The number of nitrogens with zero attached hydrogens (tertiary/aromatic N) is 1. The van der Waals surface area contributed by atoms with Crippen LogP contribution in [0.3, 0.4) is 0 Å². The van der Waals surface area contributed by atoms with Gasteiger partial charge in [-0.25, -0.2) is 0 Å². The molecule has 2 aliphatic rings. The van der Waals surface area contributed by atoms with Crippen molar-refractivity contribution in [3.63, 3.8) is 0 Å². The molecular weight excluding hydrogens is 831 g/mol. The molecule has 10 aromatic rings. The molecule has 0 saturated carbocycles. The van der Waals surface area contributed by atoms with Crippen LogP contribution < -0.4 is 4.90 Å². The number of benzene rings is 10. The van der Waals surface area contributed by atoms with E-state index in [4.69, 9.17) is 0 Å². The van der Waals surface area contributed by atoms with Crippen LogP contribution in [0.15, 0.2) is 237 Å². The third-order valence-electron chi connectivity index (χ3n) is 15.2. The lowest BCUT2D eigenvalue weighted by molar-refractivity contribution is 0.766. The zero-order valence-corrected chi connectivity index (χ0v) is 39.9. The van der Waals surface area contributed by atoms with E-state index in [0.29, 0.717) is 0 Å². The summed E-state index contributed by atoms with van der Waals surface area (Å²) in [6, 6.07) is 89.8. The third kappa shape index (κ3) is 6.74. The van der Waals surface area contributed by atoms with Crippen molar-refractivity contribution in [2.45, 2.75) is 51.4 Å². The SMILES string of the molecule is CCCc1ccc(-c2ccc(N(c3ccc4c(c3)C(c3ccccc3)(c3ccc(C)cc3)c3ccccc3-4)c3ccc4c(c3)C(c3ccc(C)cc3)(c3ccc(C)cc3)c3ccccc3-4)cc2)cc1. The number of fused-ring (bicyclic) bond motifs is 6. The van der Waals surface area contributed by atoms with E-state index in [0.717, 1.165) is 29.9 Å². The molecule has 2 aliphatic carbocycles. The lowest BCUT2D eigenvalue weighted by atomic mass is 9.67. The second kappa shape index (κ2) is 17.0. The van der Waals surface area contributed by atoms with E-state index in [1.807, 2.05) is 0 Å². The van der Waals surface area contributed by atoms with Gasteiger partial charge in [0.2, 0.25) is 0 Å². The van der Waals surface area contributed by atoms with Gasteiger partial charge < -0.3 is 4.90 Å². The fourth-order valence-electron chi connectivity index (χ4n) is 11.9. The van der Waals surface area contributed by atoms with Crippen LogP contribution in [0.25, 0.3) is 33.4 Å². The largest absolute Gasteiger partial charge is 0.310 e. The normalized spacial score (nSPS) is 15.0. The number of hydrogen-bond acceptors (Lipinski definition) is 1. The summed E-state index contributed by atoms with van der Waals surface area (Å²) in [6.45, 7) is 8.79. The first-order valence-electron chi connectivity index (χ1n) is 24.6. The first-order valence-corrected chi connectivity index (χ1v) is 24.6. The maximum atomic E-state index is 2.50. The zero-order chi connectivity index (χ0) is 46.7. The first-order chi connectivity index (χ1) is 33.9. The third-order valence-corrected chi connectivity index (χ3v) is 15.2. The minimum absolute atomic E-state index is 0.540. The molecule has 0 heterocycles. The second-order valence-corrected chi connectivity index (χ2v) is 19.3. The molecule has 0 N–H and O–H groups in total. The molecule has 0 spiro atoms. The van der Waals surface area contributed by atoms with Crippen LogP contribution in [-0.2, 0) is 17.3 Å². The van der Waals surface area contributed by atoms with Crippen LogP contribution in [0.5, 0.6) is 0 Å². The van der Waals surface area contributed by atoms with Crippen molar-refractivity contribution in [1.29, 1.82) is 0 Å². The van der Waals surface area contributed by atoms with Crippen LogP contribution in [0.1, 0.15) is 80.1 Å². The molecule has 1 nitrogen and oxygen atoms in total. The minimum Gasteiger partial charge on any atom is -0.310 e. The number of rotatable bonds is 10. The van der Waals surface area contributed by atoms with E-state index < -0.39 is 10.8 Å². The summed E-state index contributed by atoms with van der Waals surface area (Å²) in [7, 11) is 0. The van der Waals surface area contributed by atoms with Crippen molar-refractivity contribution < 1.29 is 0 Å². The maximum Gasteiger partial charge on any atom is 0.0714 e. The molecular formula is C68H55N. The van der Waals surface area contributed by atoms with Gasteiger partial charge in [0.15, 0.2) is 0 Å². The topological polar surface area (TPSA) is 3.24 Å². The Labute approximate surface area is 408 Å². The molecule has 0 saturated heterocycles. The standard InChI is InChI=1S/C68H55N/c1-5-13-49-26-28-50(29-27-49)51-30-38-56(39-31-51)69(57-40-42-61-59-16-9-11-18-63(59)67(65(61)44-57,52-14-7-6-8-15-52)53-32-20-46(2)21-33-53)58-41-43-62-60-17-10-12-19-64(60)68(66(62)45-58,54-34-22-47(3)23-35-54)55-36-24-48(4)25-37-55/h6-12,14-45H,5,13H2,1-4H3. The van der Waals surface area contributed by atoms with Crippen LogP contribution >= 0.6 is 0 Å². The quantitative estimate of drug-likeness (QED) is 0.132. The Morgan fingerprint density at radius 2 is 0.681 bits per heavy atom. The summed E-state index contributed by atoms with van der Waals surface area (Å²) in [4.78, 5) is 2.50. The molecule has 1 heteroatoms. The van der Waals surface area contributed by atoms with Gasteiger partial charge >= 0.3 is 0 Å². The van der Waals surface area contributed by atoms with Crippen molar-refractivity contribution in [3.8, 4) is 33.4 Å². The van der Waals surface area contributed by atoms with Gasteiger partial charge in [-0.15, -0.1) is 0 Å². The average Bonchev–Trinajstić information content (AvgIpc) is 3.86. The van der Waals surface area contributed by atoms with E-state index >= 15 is 0 Å². The predicted molar refractivity (Wildman–Crippen MR) is 289 cm³/mol. The Hall–Kier alpha value is -8.00. The van der Waals surface area contributed by atoms with E-state index in [9.17, 15) is 0 Å². The summed E-state index contributed by atoms with van der Waals surface area (Å²) < 4.78 is 0. The first kappa shape index (κ1) is 42.4. The summed E-state index contributed by atoms with van der Waals surface area (Å²) >= 11 is 0. The zero-order valence-electron chi connectivity index (χ0n) is 39.9. The average molecular weight is 886 g/mol. The van der Waals surface area contributed by atoms with Crippen LogP contribution in [-0.4, -0.2) is 0 Å². The highest BCUT2D eigenvalue weighted by atomic mass is 15.1. The molecule has 1 atom stereocenters. The Morgan fingerprint density at radius 3 is 1.12 bits per heavy atom.